The van der Waals surface area contributed by atoms with Crippen molar-refractivity contribution in [3.05, 3.63) is 57.8 Å². The number of fused-ring (bicyclic) bond motifs is 2. The molecule has 0 unspecified atom stereocenters. The molecule has 0 bridgehead atoms. The molecule has 28 heavy (non-hydrogen) atoms. The van der Waals surface area contributed by atoms with Crippen LogP contribution in [0.15, 0.2) is 39.8 Å². The Bertz CT molecular complexity index is 1130. The summed E-state index contributed by atoms with van der Waals surface area (Å²) in [6.07, 6.45) is 3.81. The number of benzene rings is 1. The number of aromatic nitrogens is 2. The van der Waals surface area contributed by atoms with E-state index in [0.717, 1.165) is 11.1 Å². The fourth-order valence-corrected chi connectivity index (χ4v) is 3.36. The Kier molecular flexibility index (Phi) is 4.34. The van der Waals surface area contributed by atoms with Gasteiger partial charge >= 0.3 is 11.8 Å². The molecule has 0 fully saturated rings. The van der Waals surface area contributed by atoms with Gasteiger partial charge in [-0.05, 0) is 29.7 Å². The number of aromatic amines is 1. The Morgan fingerprint density at radius 2 is 2.11 bits per heavy atom. The number of nitrogens with one attached hydrogen (secondary N) is 2. The summed E-state index contributed by atoms with van der Waals surface area (Å²) in [6.45, 7) is 0.954. The lowest BCUT2D eigenvalue weighted by atomic mass is 9.97. The highest BCUT2D eigenvalue weighted by molar-refractivity contribution is 6.06. The van der Waals surface area contributed by atoms with E-state index in [2.05, 4.69) is 15.3 Å². The van der Waals surface area contributed by atoms with E-state index >= 15 is 0 Å². The molecule has 1 aliphatic rings. The smallest absolute Gasteiger partial charge is 0.408 e. The zero-order chi connectivity index (χ0) is 19.8. The zero-order valence-corrected chi connectivity index (χ0v) is 15.5. The molecule has 0 aliphatic carbocycles. The van der Waals surface area contributed by atoms with Gasteiger partial charge in [-0.25, -0.2) is 9.59 Å². The molecular weight excluding hydrogens is 362 g/mol. The van der Waals surface area contributed by atoms with E-state index in [4.69, 9.17) is 4.42 Å². The fraction of sp³-hybridized carbons (Fsp3) is 0.263. The highest BCUT2D eigenvalue weighted by Gasteiger charge is 2.25. The second kappa shape index (κ2) is 6.84. The summed E-state index contributed by atoms with van der Waals surface area (Å²) in [7, 11) is 3.42. The van der Waals surface area contributed by atoms with Crippen LogP contribution in [-0.2, 0) is 13.0 Å². The van der Waals surface area contributed by atoms with Crippen molar-refractivity contribution in [2.24, 2.45) is 0 Å². The Balaban J connectivity index is 1.57. The second-order valence-corrected chi connectivity index (χ2v) is 6.85. The van der Waals surface area contributed by atoms with Crippen molar-refractivity contribution in [2.45, 2.75) is 13.0 Å². The average Bonchev–Trinajstić information content (AvgIpc) is 3.05. The molecule has 3 heterocycles. The van der Waals surface area contributed by atoms with Crippen LogP contribution < -0.4 is 11.1 Å². The standard InChI is InChI=1S/C19H19N5O4/c1-23(2)19(27)24-6-5-13-11(10-24)8-20-9-14(13)17(25)21-12-3-4-15-16(7-12)28-18(26)22-15/h3-4,7-9H,5-6,10H2,1-2H3,(H,21,25)(H,22,26). The SMILES string of the molecule is CN(C)C(=O)N1CCc2c(cncc2C(=O)Nc2ccc3[nH]c(=O)oc3c2)C1. The van der Waals surface area contributed by atoms with Gasteiger partial charge in [-0.2, -0.15) is 0 Å². The minimum atomic E-state index is -0.545. The number of hydrogen-bond acceptors (Lipinski definition) is 5. The van der Waals surface area contributed by atoms with Gasteiger partial charge in [0.15, 0.2) is 5.58 Å². The largest absolute Gasteiger partial charge is 0.417 e. The van der Waals surface area contributed by atoms with Gasteiger partial charge in [-0.3, -0.25) is 14.8 Å². The van der Waals surface area contributed by atoms with Crippen LogP contribution >= 0.6 is 0 Å². The first-order valence-corrected chi connectivity index (χ1v) is 8.78. The fourth-order valence-electron chi connectivity index (χ4n) is 3.36. The first kappa shape index (κ1) is 17.8. The van der Waals surface area contributed by atoms with E-state index < -0.39 is 5.76 Å². The first-order chi connectivity index (χ1) is 13.4. The summed E-state index contributed by atoms with van der Waals surface area (Å²) >= 11 is 0. The van der Waals surface area contributed by atoms with Crippen molar-refractivity contribution in [1.82, 2.24) is 19.8 Å². The van der Waals surface area contributed by atoms with E-state index in [-0.39, 0.29) is 11.9 Å². The van der Waals surface area contributed by atoms with Gasteiger partial charge in [-0.15, -0.1) is 0 Å². The third-order valence-electron chi connectivity index (χ3n) is 4.72. The number of anilines is 1. The lowest BCUT2D eigenvalue weighted by Gasteiger charge is -2.31. The summed E-state index contributed by atoms with van der Waals surface area (Å²) < 4.78 is 5.02. The molecule has 9 nitrogen and oxygen atoms in total. The topological polar surface area (TPSA) is 112 Å². The summed E-state index contributed by atoms with van der Waals surface area (Å²) in [6, 6.07) is 4.87. The molecule has 0 saturated carbocycles. The molecule has 1 aromatic carbocycles. The Morgan fingerprint density at radius 3 is 2.89 bits per heavy atom. The molecule has 4 rings (SSSR count). The van der Waals surface area contributed by atoms with Crippen LogP contribution in [0, 0.1) is 0 Å². The van der Waals surface area contributed by atoms with Crippen molar-refractivity contribution in [1.29, 1.82) is 0 Å². The van der Waals surface area contributed by atoms with E-state index in [1.54, 1.807) is 43.4 Å². The average molecular weight is 381 g/mol. The van der Waals surface area contributed by atoms with Crippen LogP contribution in [0.2, 0.25) is 0 Å². The molecular formula is C19H19N5O4. The Morgan fingerprint density at radius 1 is 1.29 bits per heavy atom. The second-order valence-electron chi connectivity index (χ2n) is 6.85. The molecule has 0 spiro atoms. The van der Waals surface area contributed by atoms with Crippen molar-refractivity contribution < 1.29 is 14.0 Å². The molecule has 2 N–H and O–H groups in total. The van der Waals surface area contributed by atoms with Crippen molar-refractivity contribution in [3.63, 3.8) is 0 Å². The van der Waals surface area contributed by atoms with Crippen LogP contribution in [0.25, 0.3) is 11.1 Å². The number of carbonyl (C=O) groups excluding carboxylic acids is 2. The van der Waals surface area contributed by atoms with Gasteiger partial charge in [0.2, 0.25) is 0 Å². The van der Waals surface area contributed by atoms with Crippen molar-refractivity contribution >= 4 is 28.7 Å². The third kappa shape index (κ3) is 3.22. The predicted molar refractivity (Wildman–Crippen MR) is 102 cm³/mol. The lowest BCUT2D eigenvalue weighted by molar-refractivity contribution is 0.102. The quantitative estimate of drug-likeness (QED) is 0.703. The van der Waals surface area contributed by atoms with Gasteiger partial charge in [0.05, 0.1) is 11.1 Å². The molecule has 144 valence electrons. The number of oxazole rings is 1. The number of urea groups is 1. The maximum Gasteiger partial charge on any atom is 0.417 e. The van der Waals surface area contributed by atoms with Crippen LogP contribution in [0.5, 0.6) is 0 Å². The lowest BCUT2D eigenvalue weighted by Crippen LogP contribution is -2.42. The van der Waals surface area contributed by atoms with Crippen LogP contribution in [0.1, 0.15) is 21.5 Å². The van der Waals surface area contributed by atoms with E-state index in [1.165, 1.54) is 11.1 Å². The number of pyridine rings is 1. The predicted octanol–water partition coefficient (Wildman–Crippen LogP) is 1.81. The van der Waals surface area contributed by atoms with Crippen molar-refractivity contribution in [3.8, 4) is 0 Å². The van der Waals surface area contributed by atoms with Crippen LogP contribution in [-0.4, -0.2) is 52.3 Å². The summed E-state index contributed by atoms with van der Waals surface area (Å²) in [5.41, 5.74) is 3.68. The Hall–Kier alpha value is -3.62. The molecule has 3 aromatic rings. The van der Waals surface area contributed by atoms with E-state index in [0.29, 0.717) is 41.9 Å². The zero-order valence-electron chi connectivity index (χ0n) is 15.5. The van der Waals surface area contributed by atoms with Crippen molar-refractivity contribution in [2.75, 3.05) is 26.0 Å². The summed E-state index contributed by atoms with van der Waals surface area (Å²) in [5, 5.41) is 2.82. The highest BCUT2D eigenvalue weighted by atomic mass is 16.4. The van der Waals surface area contributed by atoms with Crippen LogP contribution in [0.4, 0.5) is 10.5 Å². The summed E-state index contributed by atoms with van der Waals surface area (Å²) in [5.74, 6) is -0.842. The van der Waals surface area contributed by atoms with E-state index in [9.17, 15) is 14.4 Å². The maximum atomic E-state index is 12.8. The molecule has 9 heteroatoms. The number of amides is 3. The van der Waals surface area contributed by atoms with E-state index in [1.807, 2.05) is 0 Å². The minimum Gasteiger partial charge on any atom is -0.408 e. The number of H-pyrrole nitrogens is 1. The van der Waals surface area contributed by atoms with Crippen LogP contribution in [0.3, 0.4) is 0 Å². The third-order valence-corrected chi connectivity index (χ3v) is 4.72. The Labute approximate surface area is 160 Å². The molecule has 0 atom stereocenters. The van der Waals surface area contributed by atoms with Gasteiger partial charge in [0, 0.05) is 51.3 Å². The van der Waals surface area contributed by atoms with Gasteiger partial charge in [-0.1, -0.05) is 0 Å². The number of rotatable bonds is 2. The molecule has 0 radical (unpaired) electrons. The molecule has 3 amide bonds. The summed E-state index contributed by atoms with van der Waals surface area (Å²) in [4.78, 5) is 46.3. The normalized spacial score (nSPS) is 13.3. The van der Waals surface area contributed by atoms with Gasteiger partial charge < -0.3 is 19.5 Å². The number of nitrogens with zero attached hydrogens (tertiary/aromatic N) is 3. The van der Waals surface area contributed by atoms with Gasteiger partial charge in [0.1, 0.15) is 0 Å². The number of hydrogen-bond donors (Lipinski definition) is 2. The monoisotopic (exact) mass is 381 g/mol. The highest BCUT2D eigenvalue weighted by Crippen LogP contribution is 2.24. The molecule has 2 aromatic heterocycles. The molecule has 0 saturated heterocycles. The van der Waals surface area contributed by atoms with Gasteiger partial charge in [0.25, 0.3) is 5.91 Å². The molecule has 1 aliphatic heterocycles. The number of carbonyl (C=O) groups is 2. The first-order valence-electron chi connectivity index (χ1n) is 8.78. The minimum absolute atomic E-state index is 0.0678. The maximum absolute atomic E-state index is 12.8.